The predicted molar refractivity (Wildman–Crippen MR) is 333 cm³/mol. The van der Waals surface area contributed by atoms with Gasteiger partial charge in [0.2, 0.25) is 17.5 Å². The molecule has 0 bridgehead atoms. The molecule has 3 heterocycles. The molecule has 8 rings (SSSR count). The van der Waals surface area contributed by atoms with Crippen LogP contribution in [0.1, 0.15) is 127 Å². The lowest BCUT2D eigenvalue weighted by Crippen LogP contribution is -2.52. The number of allylic oxidation sites excluding steroid dienone is 7. The molecule has 0 aromatic heterocycles. The molecule has 2 atom stereocenters. The van der Waals surface area contributed by atoms with Gasteiger partial charge in [-0.15, -0.1) is 0 Å². The molecule has 1 fully saturated rings. The number of hydrogen-bond acceptors (Lipinski definition) is 16. The molecule has 1 saturated heterocycles. The van der Waals surface area contributed by atoms with Crippen molar-refractivity contribution in [2.24, 2.45) is 0 Å². The monoisotopic (exact) mass is 1310 g/mol. The summed E-state index contributed by atoms with van der Waals surface area (Å²) in [4.78, 5) is 41.4. The molecule has 1 aliphatic carbocycles. The summed E-state index contributed by atoms with van der Waals surface area (Å²) in [5.41, 5.74) is 9.89. The van der Waals surface area contributed by atoms with E-state index < -0.39 is 88.0 Å². The molecule has 4 aromatic carbocycles. The van der Waals surface area contributed by atoms with Crippen LogP contribution in [0.5, 0.6) is 5.75 Å². The number of hydrogen-bond donors (Lipinski definition) is 9. The maximum absolute atomic E-state index is 13.0. The summed E-state index contributed by atoms with van der Waals surface area (Å²) < 4.78 is 145. The molecule has 9 N–H and O–H groups in total. The molecule has 0 saturated carbocycles. The zero-order valence-corrected chi connectivity index (χ0v) is 53.1. The molecule has 478 valence electrons. The number of rotatable bonds is 25. The first-order chi connectivity index (χ1) is 41.6. The van der Waals surface area contributed by atoms with Gasteiger partial charge in [0.1, 0.15) is 24.1 Å². The Bertz CT molecular complexity index is 4030. The van der Waals surface area contributed by atoms with Crippen LogP contribution in [0, 0.1) is 0 Å². The molecule has 4 aliphatic rings. The van der Waals surface area contributed by atoms with Crippen LogP contribution in [0.15, 0.2) is 147 Å². The van der Waals surface area contributed by atoms with Gasteiger partial charge < -0.3 is 29.9 Å². The number of anilines is 2. The van der Waals surface area contributed by atoms with Gasteiger partial charge in [-0.1, -0.05) is 19.9 Å². The van der Waals surface area contributed by atoms with Gasteiger partial charge in [0.15, 0.2) is 5.71 Å². The minimum absolute atomic E-state index is 0.118. The minimum atomic E-state index is -4.60. The Labute approximate surface area is 519 Å². The van der Waals surface area contributed by atoms with Crippen LogP contribution in [0.3, 0.4) is 0 Å². The fourth-order valence-corrected chi connectivity index (χ4v) is 13.8. The van der Waals surface area contributed by atoms with Crippen molar-refractivity contribution in [3.63, 3.8) is 0 Å². The Morgan fingerprint density at radius 1 is 0.730 bits per heavy atom. The molecule has 29 heteroatoms. The SMILES string of the molecule is C[C@@H](NC(=O)c1ccc(NNC(=O)CCCCC[N+]2=C(/C=C/C3=C(Oc4ccc(S(=O)(=O)O)cc4)C(=C/C=C4/N(CCCCS(=O)(=O)O)c5ccc(S(=O)(=O)O)cc5C4(C)C)/CCC3)C(C)(C)c3cc(S(=O)(=O)O)ccc32)cc1)C(=O)N1CCC[C@H]1B(O)O. The third-order valence-corrected chi connectivity index (χ3v) is 19.9. The third-order valence-electron chi connectivity index (χ3n) is 16.5. The van der Waals surface area contributed by atoms with Gasteiger partial charge in [-0.25, -0.2) is 0 Å². The van der Waals surface area contributed by atoms with E-state index in [1.807, 2.05) is 56.9 Å². The molecule has 0 unspecified atom stereocenters. The molecule has 3 aliphatic heterocycles. The lowest BCUT2D eigenvalue weighted by Gasteiger charge is -2.27. The first-order valence-electron chi connectivity index (χ1n) is 29.0. The van der Waals surface area contributed by atoms with Gasteiger partial charge in [0.25, 0.3) is 46.4 Å². The Kier molecular flexibility index (Phi) is 20.7. The van der Waals surface area contributed by atoms with E-state index in [4.69, 9.17) is 4.74 Å². The molecular formula is C60H74BN6O18S4+. The summed E-state index contributed by atoms with van der Waals surface area (Å²) >= 11 is 0. The van der Waals surface area contributed by atoms with Crippen LogP contribution in [-0.4, -0.2) is 139 Å². The van der Waals surface area contributed by atoms with Gasteiger partial charge in [-0.3, -0.25) is 43.4 Å². The Balaban J connectivity index is 1.03. The predicted octanol–water partition coefficient (Wildman–Crippen LogP) is 6.98. The second kappa shape index (κ2) is 27.2. The van der Waals surface area contributed by atoms with E-state index in [1.54, 1.807) is 24.3 Å². The summed E-state index contributed by atoms with van der Waals surface area (Å²) in [7, 11) is -19.7. The topological polar surface area (TPSA) is 364 Å². The van der Waals surface area contributed by atoms with E-state index in [2.05, 4.69) is 20.7 Å². The average Bonchev–Trinajstić information content (AvgIpc) is 1.84. The number of carbonyl (C=O) groups is 3. The summed E-state index contributed by atoms with van der Waals surface area (Å²) in [6.45, 7) is 10.2. The van der Waals surface area contributed by atoms with E-state index in [0.29, 0.717) is 122 Å². The van der Waals surface area contributed by atoms with E-state index in [0.717, 1.165) is 5.71 Å². The van der Waals surface area contributed by atoms with Gasteiger partial charge >= 0.3 is 7.12 Å². The molecule has 89 heavy (non-hydrogen) atoms. The number of unbranched alkanes of at least 4 members (excludes halogenated alkanes) is 3. The van der Waals surface area contributed by atoms with E-state index in [9.17, 15) is 76.3 Å². The van der Waals surface area contributed by atoms with Crippen LogP contribution >= 0.6 is 0 Å². The highest BCUT2D eigenvalue weighted by atomic mass is 32.2. The molecule has 4 aromatic rings. The van der Waals surface area contributed by atoms with Crippen molar-refractivity contribution in [1.82, 2.24) is 15.6 Å². The Morgan fingerprint density at radius 3 is 2.01 bits per heavy atom. The summed E-state index contributed by atoms with van der Waals surface area (Å²) in [6.07, 6.45) is 12.4. The van der Waals surface area contributed by atoms with Crippen molar-refractivity contribution in [3.05, 3.63) is 149 Å². The zero-order chi connectivity index (χ0) is 65.0. The fraction of sp³-hybridized carbons (Fsp3) is 0.400. The summed E-state index contributed by atoms with van der Waals surface area (Å²) in [6, 6.07) is 19.2. The number of amides is 3. The fourth-order valence-electron chi connectivity index (χ4n) is 11.8. The average molecular weight is 1310 g/mol. The first kappa shape index (κ1) is 67.9. The molecule has 3 amide bonds. The first-order valence-corrected chi connectivity index (χ1v) is 34.9. The van der Waals surface area contributed by atoms with Crippen molar-refractivity contribution < 1.29 is 85.6 Å². The van der Waals surface area contributed by atoms with E-state index in [1.165, 1.54) is 72.5 Å². The second-order valence-electron chi connectivity index (χ2n) is 23.5. The van der Waals surface area contributed by atoms with E-state index >= 15 is 0 Å². The van der Waals surface area contributed by atoms with Gasteiger partial charge in [0, 0.05) is 66.0 Å². The zero-order valence-electron chi connectivity index (χ0n) is 49.8. The number of nitrogens with zero attached hydrogens (tertiary/aromatic N) is 3. The van der Waals surface area contributed by atoms with Crippen molar-refractivity contribution in [2.45, 2.75) is 143 Å². The highest BCUT2D eigenvalue weighted by molar-refractivity contribution is 7.86. The van der Waals surface area contributed by atoms with Crippen LogP contribution in [0.25, 0.3) is 0 Å². The third kappa shape index (κ3) is 16.3. The number of fused-ring (bicyclic) bond motifs is 2. The van der Waals surface area contributed by atoms with Crippen molar-refractivity contribution >= 4 is 88.1 Å². The van der Waals surface area contributed by atoms with E-state index in [-0.39, 0.29) is 51.3 Å². The van der Waals surface area contributed by atoms with Crippen LogP contribution < -0.4 is 25.8 Å². The quantitative estimate of drug-likeness (QED) is 0.0106. The van der Waals surface area contributed by atoms with Gasteiger partial charge in [-0.2, -0.15) is 38.2 Å². The van der Waals surface area contributed by atoms with Crippen LogP contribution in [0.4, 0.5) is 17.1 Å². The van der Waals surface area contributed by atoms with Crippen LogP contribution in [-0.2, 0) is 60.9 Å². The second-order valence-corrected chi connectivity index (χ2v) is 29.3. The molecule has 0 spiro atoms. The summed E-state index contributed by atoms with van der Waals surface area (Å²) in [5, 5.41) is 22.0. The lowest BCUT2D eigenvalue weighted by molar-refractivity contribution is -0.438. The minimum Gasteiger partial charge on any atom is -0.457 e. The van der Waals surface area contributed by atoms with Gasteiger partial charge in [-0.05, 0) is 186 Å². The van der Waals surface area contributed by atoms with Crippen molar-refractivity contribution in [3.8, 4) is 5.75 Å². The molecular weight excluding hydrogens is 1230 g/mol. The van der Waals surface area contributed by atoms with Crippen molar-refractivity contribution in [2.75, 3.05) is 35.7 Å². The smallest absolute Gasteiger partial charge is 0.457 e. The molecule has 0 radical (unpaired) electrons. The maximum Gasteiger partial charge on any atom is 0.475 e. The Hall–Kier alpha value is -7.06. The number of benzene rings is 4. The number of nitrogens with one attached hydrogen (secondary N) is 3. The number of ether oxygens (including phenoxy) is 1. The lowest BCUT2D eigenvalue weighted by atomic mass is 9.78. The Morgan fingerprint density at radius 2 is 1.37 bits per heavy atom. The van der Waals surface area contributed by atoms with Gasteiger partial charge in [0.05, 0.1) is 37.5 Å². The standard InChI is InChI=1S/C60H73BN6O18S4/c1-39(58(70)67-35-12-15-54(67)61(71)72)62-57(69)42-17-21-43(22-18-42)63-64-55(68)16-7-6-8-33-65-50-29-27-46(88(79,80)81)37-48(50)59(2,3)52(65)31-19-40-13-11-14-41(56(40)85-44-23-25-45(26-24-44)87(76,77)78)20-32-53-60(4,5)49-38-47(89(82,83)84)28-30-51(49)66(53)34-9-10-36-86(73,74)75/h17-32,37-39,54,71-72H,6-16,33-36H2,1-5H3,(H6-,62,63,64,68,69,73,74,75,76,77,78,79,80,81,82,83,84)/p+1/t39-,54+/m1/s1. The highest BCUT2D eigenvalue weighted by Gasteiger charge is 2.46. The normalized spacial score (nSPS) is 18.8. The highest BCUT2D eigenvalue weighted by Crippen LogP contribution is 2.49. The van der Waals surface area contributed by atoms with Crippen molar-refractivity contribution in [1.29, 1.82) is 0 Å². The number of carbonyl (C=O) groups excluding carboxylic acids is 3. The number of likely N-dealkylation sites (tertiary alicyclic amines) is 1. The molecule has 24 nitrogen and oxygen atoms in total. The maximum atomic E-state index is 13.0. The largest absolute Gasteiger partial charge is 0.475 e. The van der Waals surface area contributed by atoms with Crippen LogP contribution in [0.2, 0.25) is 0 Å². The summed E-state index contributed by atoms with van der Waals surface area (Å²) in [5.74, 6) is -1.81. The number of hydrazine groups is 1.